The van der Waals surface area contributed by atoms with Crippen molar-refractivity contribution in [2.24, 2.45) is 0 Å². The minimum Gasteiger partial charge on any atom is -0.349 e. The highest BCUT2D eigenvalue weighted by atomic mass is 35.5. The molecular weight excluding hydrogens is 224 g/mol. The second kappa shape index (κ2) is 5.32. The lowest BCUT2D eigenvalue weighted by molar-refractivity contribution is 0.0929. The SMILES string of the molecule is O=C(NC1CCNCC1)c1ccccc1Cl. The predicted molar refractivity (Wildman–Crippen MR) is 64.8 cm³/mol. The quantitative estimate of drug-likeness (QED) is 0.825. The van der Waals surface area contributed by atoms with Gasteiger partial charge in [0.15, 0.2) is 0 Å². The summed E-state index contributed by atoms with van der Waals surface area (Å²) in [6.45, 7) is 1.93. The summed E-state index contributed by atoms with van der Waals surface area (Å²) in [6.07, 6.45) is 1.96. The van der Waals surface area contributed by atoms with Crippen LogP contribution in [0.5, 0.6) is 0 Å². The highest BCUT2D eigenvalue weighted by molar-refractivity contribution is 6.33. The van der Waals surface area contributed by atoms with Gasteiger partial charge in [0.25, 0.3) is 5.91 Å². The molecule has 3 nitrogen and oxygen atoms in total. The number of piperidine rings is 1. The van der Waals surface area contributed by atoms with E-state index in [9.17, 15) is 4.79 Å². The van der Waals surface area contributed by atoms with Crippen LogP contribution in [0.2, 0.25) is 5.02 Å². The summed E-state index contributed by atoms with van der Waals surface area (Å²) in [5.41, 5.74) is 0.558. The van der Waals surface area contributed by atoms with Gasteiger partial charge in [-0.3, -0.25) is 4.79 Å². The Morgan fingerprint density at radius 3 is 2.69 bits per heavy atom. The Morgan fingerprint density at radius 2 is 2.00 bits per heavy atom. The maximum atomic E-state index is 11.9. The van der Waals surface area contributed by atoms with E-state index in [-0.39, 0.29) is 11.9 Å². The molecule has 0 bridgehead atoms. The van der Waals surface area contributed by atoms with Crippen LogP contribution in [0, 0.1) is 0 Å². The second-order valence-electron chi connectivity index (χ2n) is 3.98. The van der Waals surface area contributed by atoms with Crippen LogP contribution < -0.4 is 10.6 Å². The van der Waals surface area contributed by atoms with Crippen molar-refractivity contribution in [1.82, 2.24) is 10.6 Å². The number of carbonyl (C=O) groups excluding carboxylic acids is 1. The molecule has 0 radical (unpaired) electrons. The largest absolute Gasteiger partial charge is 0.349 e. The Kier molecular flexibility index (Phi) is 3.80. The van der Waals surface area contributed by atoms with E-state index in [1.807, 2.05) is 12.1 Å². The molecule has 1 heterocycles. The Hall–Kier alpha value is -1.06. The van der Waals surface area contributed by atoms with Crippen LogP contribution in [-0.2, 0) is 0 Å². The van der Waals surface area contributed by atoms with E-state index in [4.69, 9.17) is 11.6 Å². The summed E-state index contributed by atoms with van der Waals surface area (Å²) in [4.78, 5) is 11.9. The summed E-state index contributed by atoms with van der Waals surface area (Å²) in [5.74, 6) is -0.0718. The van der Waals surface area contributed by atoms with E-state index in [0.717, 1.165) is 25.9 Å². The van der Waals surface area contributed by atoms with Crippen molar-refractivity contribution in [3.05, 3.63) is 34.9 Å². The predicted octanol–water partition coefficient (Wildman–Crippen LogP) is 1.82. The molecular formula is C12H15ClN2O. The Morgan fingerprint density at radius 1 is 1.31 bits per heavy atom. The molecule has 0 spiro atoms. The zero-order valence-electron chi connectivity index (χ0n) is 9.00. The van der Waals surface area contributed by atoms with Gasteiger partial charge in [-0.25, -0.2) is 0 Å². The minimum atomic E-state index is -0.0718. The minimum absolute atomic E-state index is 0.0718. The molecule has 0 unspecified atom stereocenters. The molecule has 1 aromatic rings. The summed E-state index contributed by atoms with van der Waals surface area (Å²) in [7, 11) is 0. The third kappa shape index (κ3) is 2.74. The molecule has 1 fully saturated rings. The molecule has 0 aliphatic carbocycles. The molecule has 2 rings (SSSR count). The first-order valence-corrected chi connectivity index (χ1v) is 5.91. The van der Waals surface area contributed by atoms with Gasteiger partial charge in [0.2, 0.25) is 0 Å². The number of rotatable bonds is 2. The zero-order chi connectivity index (χ0) is 11.4. The van der Waals surface area contributed by atoms with Crippen molar-refractivity contribution in [2.45, 2.75) is 18.9 Å². The highest BCUT2D eigenvalue weighted by Gasteiger charge is 2.17. The van der Waals surface area contributed by atoms with Gasteiger partial charge in [-0.1, -0.05) is 23.7 Å². The normalized spacial score (nSPS) is 17.1. The van der Waals surface area contributed by atoms with Crippen molar-refractivity contribution >= 4 is 17.5 Å². The maximum absolute atomic E-state index is 11.9. The molecule has 16 heavy (non-hydrogen) atoms. The van der Waals surface area contributed by atoms with Gasteiger partial charge in [-0.15, -0.1) is 0 Å². The van der Waals surface area contributed by atoms with E-state index in [1.54, 1.807) is 12.1 Å². The number of amides is 1. The second-order valence-corrected chi connectivity index (χ2v) is 4.38. The van der Waals surface area contributed by atoms with E-state index in [2.05, 4.69) is 10.6 Å². The summed E-state index contributed by atoms with van der Waals surface area (Å²) in [6, 6.07) is 7.40. The van der Waals surface area contributed by atoms with Crippen molar-refractivity contribution in [2.75, 3.05) is 13.1 Å². The van der Waals surface area contributed by atoms with Crippen LogP contribution >= 0.6 is 11.6 Å². The number of benzene rings is 1. The highest BCUT2D eigenvalue weighted by Crippen LogP contribution is 2.15. The zero-order valence-corrected chi connectivity index (χ0v) is 9.76. The van der Waals surface area contributed by atoms with Crippen LogP contribution in [0.3, 0.4) is 0 Å². The lowest BCUT2D eigenvalue weighted by Gasteiger charge is -2.23. The average molecular weight is 239 g/mol. The van der Waals surface area contributed by atoms with Gasteiger partial charge in [0.05, 0.1) is 10.6 Å². The van der Waals surface area contributed by atoms with Gasteiger partial charge in [-0.05, 0) is 38.1 Å². The summed E-state index contributed by atoms with van der Waals surface area (Å²) < 4.78 is 0. The molecule has 1 amide bonds. The molecule has 0 atom stereocenters. The molecule has 1 aliphatic heterocycles. The number of hydrogen-bond acceptors (Lipinski definition) is 2. The molecule has 0 saturated carbocycles. The average Bonchev–Trinajstić information content (AvgIpc) is 2.31. The van der Waals surface area contributed by atoms with Gasteiger partial charge in [0, 0.05) is 6.04 Å². The monoisotopic (exact) mass is 238 g/mol. The lowest BCUT2D eigenvalue weighted by atomic mass is 10.1. The van der Waals surface area contributed by atoms with Crippen molar-refractivity contribution in [1.29, 1.82) is 0 Å². The van der Waals surface area contributed by atoms with Crippen molar-refractivity contribution < 1.29 is 4.79 Å². The van der Waals surface area contributed by atoms with Crippen LogP contribution in [0.25, 0.3) is 0 Å². The topological polar surface area (TPSA) is 41.1 Å². The van der Waals surface area contributed by atoms with E-state index in [1.165, 1.54) is 0 Å². The molecule has 1 aliphatic rings. The Bertz CT molecular complexity index is 375. The molecule has 1 aromatic carbocycles. The van der Waals surface area contributed by atoms with Crippen LogP contribution in [0.4, 0.5) is 0 Å². The lowest BCUT2D eigenvalue weighted by Crippen LogP contribution is -2.42. The smallest absolute Gasteiger partial charge is 0.253 e. The maximum Gasteiger partial charge on any atom is 0.253 e. The third-order valence-corrected chi connectivity index (χ3v) is 3.12. The van der Waals surface area contributed by atoms with Crippen LogP contribution in [0.15, 0.2) is 24.3 Å². The fraction of sp³-hybridized carbons (Fsp3) is 0.417. The molecule has 1 saturated heterocycles. The van der Waals surface area contributed by atoms with Gasteiger partial charge < -0.3 is 10.6 Å². The molecule has 86 valence electrons. The first-order valence-electron chi connectivity index (χ1n) is 5.53. The Balaban J connectivity index is 2.00. The fourth-order valence-corrected chi connectivity index (χ4v) is 2.10. The standard InChI is InChI=1S/C12H15ClN2O/c13-11-4-2-1-3-10(11)12(16)15-9-5-7-14-8-6-9/h1-4,9,14H,5-8H2,(H,15,16). The number of nitrogens with one attached hydrogen (secondary N) is 2. The van der Waals surface area contributed by atoms with Crippen LogP contribution in [0.1, 0.15) is 23.2 Å². The van der Waals surface area contributed by atoms with E-state index >= 15 is 0 Å². The number of hydrogen-bond donors (Lipinski definition) is 2. The number of halogens is 1. The Labute approximate surface area is 100 Å². The van der Waals surface area contributed by atoms with Crippen molar-refractivity contribution in [3.8, 4) is 0 Å². The van der Waals surface area contributed by atoms with Gasteiger partial charge in [-0.2, -0.15) is 0 Å². The molecule has 2 N–H and O–H groups in total. The van der Waals surface area contributed by atoms with E-state index in [0.29, 0.717) is 10.6 Å². The van der Waals surface area contributed by atoms with Gasteiger partial charge >= 0.3 is 0 Å². The third-order valence-electron chi connectivity index (χ3n) is 2.79. The summed E-state index contributed by atoms with van der Waals surface area (Å²) in [5, 5.41) is 6.78. The number of carbonyl (C=O) groups is 1. The first-order chi connectivity index (χ1) is 7.77. The first kappa shape index (κ1) is 11.4. The van der Waals surface area contributed by atoms with Crippen LogP contribution in [-0.4, -0.2) is 25.0 Å². The van der Waals surface area contributed by atoms with E-state index < -0.39 is 0 Å². The van der Waals surface area contributed by atoms with Gasteiger partial charge in [0.1, 0.15) is 0 Å². The van der Waals surface area contributed by atoms with Crippen molar-refractivity contribution in [3.63, 3.8) is 0 Å². The molecule has 4 heteroatoms. The summed E-state index contributed by atoms with van der Waals surface area (Å²) >= 11 is 5.96. The fourth-order valence-electron chi connectivity index (χ4n) is 1.87. The molecule has 0 aromatic heterocycles.